The summed E-state index contributed by atoms with van der Waals surface area (Å²) in [5.74, 6) is 1.61. The Hall–Kier alpha value is -0.850. The number of allylic oxidation sites excluding steroid dienone is 4. The molecule has 2 aliphatic carbocycles. The Morgan fingerprint density at radius 3 is 2.78 bits per heavy atom. The average molecular weight is 246 g/mol. The van der Waals surface area contributed by atoms with Crippen molar-refractivity contribution in [2.24, 2.45) is 17.3 Å². The molecule has 2 rings (SSSR count). The fourth-order valence-corrected chi connectivity index (χ4v) is 3.02. The van der Waals surface area contributed by atoms with E-state index in [9.17, 15) is 4.79 Å². The van der Waals surface area contributed by atoms with E-state index in [1.165, 1.54) is 31.3 Å². The maximum absolute atomic E-state index is 11.8. The van der Waals surface area contributed by atoms with Crippen LogP contribution in [0.15, 0.2) is 23.8 Å². The van der Waals surface area contributed by atoms with Gasteiger partial charge >= 0.3 is 0 Å². The second-order valence-electron chi connectivity index (χ2n) is 6.76. The summed E-state index contributed by atoms with van der Waals surface area (Å²) in [5, 5.41) is 0. The van der Waals surface area contributed by atoms with Crippen molar-refractivity contribution in [3.05, 3.63) is 23.8 Å². The third-order valence-corrected chi connectivity index (χ3v) is 4.56. The van der Waals surface area contributed by atoms with Gasteiger partial charge in [0.15, 0.2) is 5.78 Å². The molecule has 2 aliphatic rings. The molecule has 0 bridgehead atoms. The zero-order chi connectivity index (χ0) is 13.2. The monoisotopic (exact) mass is 246 g/mol. The van der Waals surface area contributed by atoms with Crippen LogP contribution in [0, 0.1) is 17.3 Å². The van der Waals surface area contributed by atoms with Gasteiger partial charge in [-0.25, -0.2) is 0 Å². The Morgan fingerprint density at radius 1 is 1.44 bits per heavy atom. The van der Waals surface area contributed by atoms with Crippen LogP contribution in [0.5, 0.6) is 0 Å². The summed E-state index contributed by atoms with van der Waals surface area (Å²) in [4.78, 5) is 11.8. The standard InChI is InChI=1S/C17H26O/c1-13-5-4-12-17(2,3)16(13)11-10-15(18)9-8-14-6-7-14/h5,10-11,14,16H,4,6-9,12H2,1-3H3/b11-10+. The highest BCUT2D eigenvalue weighted by atomic mass is 16.1. The average Bonchev–Trinajstić information content (AvgIpc) is 3.08. The van der Waals surface area contributed by atoms with Gasteiger partial charge in [0.05, 0.1) is 0 Å². The third kappa shape index (κ3) is 3.57. The second-order valence-corrected chi connectivity index (χ2v) is 6.76. The van der Waals surface area contributed by atoms with E-state index in [0.717, 1.165) is 18.8 Å². The second kappa shape index (κ2) is 5.42. The lowest BCUT2D eigenvalue weighted by Gasteiger charge is -2.36. The molecular formula is C17H26O. The van der Waals surface area contributed by atoms with Gasteiger partial charge in [-0.2, -0.15) is 0 Å². The molecule has 1 heteroatoms. The van der Waals surface area contributed by atoms with Gasteiger partial charge in [0.25, 0.3) is 0 Å². The molecular weight excluding hydrogens is 220 g/mol. The van der Waals surface area contributed by atoms with Gasteiger partial charge in [-0.3, -0.25) is 4.79 Å². The fourth-order valence-electron chi connectivity index (χ4n) is 3.02. The van der Waals surface area contributed by atoms with Crippen molar-refractivity contribution in [2.75, 3.05) is 0 Å². The van der Waals surface area contributed by atoms with Crippen LogP contribution in [0.2, 0.25) is 0 Å². The summed E-state index contributed by atoms with van der Waals surface area (Å²) in [5.41, 5.74) is 1.73. The minimum atomic E-state index is 0.298. The van der Waals surface area contributed by atoms with Gasteiger partial charge in [0, 0.05) is 12.3 Å². The Morgan fingerprint density at radius 2 is 2.17 bits per heavy atom. The van der Waals surface area contributed by atoms with E-state index in [1.807, 2.05) is 6.08 Å². The maximum Gasteiger partial charge on any atom is 0.155 e. The summed E-state index contributed by atoms with van der Waals surface area (Å²) in [6.45, 7) is 6.82. The van der Waals surface area contributed by atoms with E-state index < -0.39 is 0 Å². The minimum Gasteiger partial charge on any atom is -0.295 e. The van der Waals surface area contributed by atoms with Crippen molar-refractivity contribution in [1.29, 1.82) is 0 Å². The van der Waals surface area contributed by atoms with Gasteiger partial charge in [0.2, 0.25) is 0 Å². The number of ketones is 1. The molecule has 1 saturated carbocycles. The van der Waals surface area contributed by atoms with Crippen LogP contribution in [-0.2, 0) is 4.79 Å². The van der Waals surface area contributed by atoms with E-state index in [4.69, 9.17) is 0 Å². The Balaban J connectivity index is 1.90. The smallest absolute Gasteiger partial charge is 0.155 e. The van der Waals surface area contributed by atoms with E-state index >= 15 is 0 Å². The topological polar surface area (TPSA) is 17.1 Å². The first-order chi connectivity index (χ1) is 8.49. The van der Waals surface area contributed by atoms with Crippen LogP contribution in [0.3, 0.4) is 0 Å². The fraction of sp³-hybridized carbons (Fsp3) is 0.706. The molecule has 0 spiro atoms. The molecule has 0 aromatic heterocycles. The highest BCUT2D eigenvalue weighted by Gasteiger charge is 2.30. The molecule has 1 nitrogen and oxygen atoms in total. The molecule has 0 aliphatic heterocycles. The van der Waals surface area contributed by atoms with Crippen molar-refractivity contribution < 1.29 is 4.79 Å². The largest absolute Gasteiger partial charge is 0.295 e. The van der Waals surface area contributed by atoms with Gasteiger partial charge in [-0.1, -0.05) is 44.4 Å². The third-order valence-electron chi connectivity index (χ3n) is 4.56. The van der Waals surface area contributed by atoms with E-state index in [-0.39, 0.29) is 0 Å². The lowest BCUT2D eigenvalue weighted by molar-refractivity contribution is -0.114. The first-order valence-corrected chi connectivity index (χ1v) is 7.37. The normalized spacial score (nSPS) is 27.3. The van der Waals surface area contributed by atoms with Crippen LogP contribution in [0.4, 0.5) is 0 Å². The molecule has 0 aromatic rings. The SMILES string of the molecule is CC1=CCCC(C)(C)C1/C=C/C(=O)CCC1CC1. The van der Waals surface area contributed by atoms with E-state index in [2.05, 4.69) is 32.9 Å². The Kier molecular flexibility index (Phi) is 4.09. The number of carbonyl (C=O) groups is 1. The van der Waals surface area contributed by atoms with Crippen LogP contribution in [-0.4, -0.2) is 5.78 Å². The van der Waals surface area contributed by atoms with Gasteiger partial charge in [-0.05, 0) is 43.6 Å². The molecule has 18 heavy (non-hydrogen) atoms. The van der Waals surface area contributed by atoms with Crippen molar-refractivity contribution >= 4 is 5.78 Å². The Bertz CT molecular complexity index is 369. The predicted octanol–water partition coefficient (Wildman–Crippen LogP) is 4.68. The minimum absolute atomic E-state index is 0.298. The molecule has 0 saturated heterocycles. The molecule has 100 valence electrons. The number of hydrogen-bond acceptors (Lipinski definition) is 1. The zero-order valence-electron chi connectivity index (χ0n) is 12.0. The first-order valence-electron chi connectivity index (χ1n) is 7.37. The van der Waals surface area contributed by atoms with Crippen molar-refractivity contribution in [2.45, 2.75) is 59.3 Å². The molecule has 0 N–H and O–H groups in total. The molecule has 1 atom stereocenters. The van der Waals surface area contributed by atoms with E-state index in [0.29, 0.717) is 17.1 Å². The quantitative estimate of drug-likeness (QED) is 0.508. The van der Waals surface area contributed by atoms with Crippen LogP contribution in [0.25, 0.3) is 0 Å². The maximum atomic E-state index is 11.8. The first kappa shape index (κ1) is 13.6. The van der Waals surface area contributed by atoms with Gasteiger partial charge in [-0.15, -0.1) is 0 Å². The van der Waals surface area contributed by atoms with Crippen molar-refractivity contribution in [3.63, 3.8) is 0 Å². The van der Waals surface area contributed by atoms with Crippen LogP contribution >= 0.6 is 0 Å². The molecule has 1 fully saturated rings. The number of carbonyl (C=O) groups excluding carboxylic acids is 1. The summed E-state index contributed by atoms with van der Waals surface area (Å²) in [6.07, 6.45) is 13.3. The highest BCUT2D eigenvalue weighted by molar-refractivity contribution is 5.89. The highest BCUT2D eigenvalue weighted by Crippen LogP contribution is 2.41. The molecule has 0 amide bonds. The van der Waals surface area contributed by atoms with E-state index in [1.54, 1.807) is 0 Å². The van der Waals surface area contributed by atoms with Crippen LogP contribution in [0.1, 0.15) is 59.3 Å². The molecule has 0 heterocycles. The zero-order valence-corrected chi connectivity index (χ0v) is 12.0. The molecule has 0 radical (unpaired) electrons. The predicted molar refractivity (Wildman–Crippen MR) is 76.4 cm³/mol. The van der Waals surface area contributed by atoms with Gasteiger partial charge < -0.3 is 0 Å². The Labute approximate surface area is 111 Å². The summed E-state index contributed by atoms with van der Waals surface area (Å²) in [6, 6.07) is 0. The number of hydrogen-bond donors (Lipinski definition) is 0. The number of rotatable bonds is 5. The van der Waals surface area contributed by atoms with Crippen molar-refractivity contribution in [3.8, 4) is 0 Å². The summed E-state index contributed by atoms with van der Waals surface area (Å²) < 4.78 is 0. The summed E-state index contributed by atoms with van der Waals surface area (Å²) >= 11 is 0. The van der Waals surface area contributed by atoms with Crippen molar-refractivity contribution in [1.82, 2.24) is 0 Å². The lowest BCUT2D eigenvalue weighted by atomic mass is 9.68. The molecule has 0 aromatic carbocycles. The lowest BCUT2D eigenvalue weighted by Crippen LogP contribution is -2.26. The van der Waals surface area contributed by atoms with Crippen LogP contribution < -0.4 is 0 Å². The summed E-state index contributed by atoms with van der Waals surface area (Å²) in [7, 11) is 0. The molecule has 1 unspecified atom stereocenters. The van der Waals surface area contributed by atoms with Gasteiger partial charge in [0.1, 0.15) is 0 Å².